The summed E-state index contributed by atoms with van der Waals surface area (Å²) < 4.78 is 10.0. The summed E-state index contributed by atoms with van der Waals surface area (Å²) in [7, 11) is 1.66. The fourth-order valence-corrected chi connectivity index (χ4v) is 1.93. The molecule has 2 aromatic rings. The highest BCUT2D eigenvalue weighted by Gasteiger charge is 2.16. The van der Waals surface area contributed by atoms with E-state index in [2.05, 4.69) is 4.98 Å². The van der Waals surface area contributed by atoms with Crippen molar-refractivity contribution in [3.05, 3.63) is 54.2 Å². The number of methoxy groups -OCH3 is 1. The van der Waals surface area contributed by atoms with Gasteiger partial charge in [0.1, 0.15) is 6.26 Å². The zero-order valence-corrected chi connectivity index (χ0v) is 11.5. The number of pyridine rings is 1. The highest BCUT2D eigenvalue weighted by molar-refractivity contribution is 5.93. The van der Waals surface area contributed by atoms with Crippen LogP contribution < -0.4 is 0 Å². The van der Waals surface area contributed by atoms with Gasteiger partial charge in [-0.05, 0) is 30.2 Å². The molecule has 5 nitrogen and oxygen atoms in total. The first kappa shape index (κ1) is 14.3. The standard InChI is InChI=1S/C15H18N2O3/c1-19-9-2-8-17(11-13-3-6-16-7-4-13)15(18)14-5-10-20-12-14/h3-7,10,12H,2,8-9,11H2,1H3. The molecule has 0 atom stereocenters. The molecule has 2 heterocycles. The van der Waals surface area contributed by atoms with E-state index in [1.807, 2.05) is 12.1 Å². The molecular formula is C15H18N2O3. The molecule has 0 aliphatic rings. The molecule has 0 unspecified atom stereocenters. The van der Waals surface area contributed by atoms with Gasteiger partial charge in [0.05, 0.1) is 11.8 Å². The molecule has 0 saturated heterocycles. The van der Waals surface area contributed by atoms with Crippen LogP contribution in [0.25, 0.3) is 0 Å². The van der Waals surface area contributed by atoms with Crippen molar-refractivity contribution >= 4 is 5.91 Å². The fraction of sp³-hybridized carbons (Fsp3) is 0.333. The molecule has 0 aliphatic carbocycles. The number of aromatic nitrogens is 1. The normalized spacial score (nSPS) is 10.4. The predicted molar refractivity (Wildman–Crippen MR) is 74.2 cm³/mol. The maximum absolute atomic E-state index is 12.4. The third-order valence-electron chi connectivity index (χ3n) is 2.95. The molecule has 0 spiro atoms. The Hall–Kier alpha value is -2.14. The van der Waals surface area contributed by atoms with Crippen molar-refractivity contribution in [3.8, 4) is 0 Å². The lowest BCUT2D eigenvalue weighted by molar-refractivity contribution is 0.0723. The van der Waals surface area contributed by atoms with E-state index in [1.165, 1.54) is 12.5 Å². The van der Waals surface area contributed by atoms with Crippen LogP contribution in [0.1, 0.15) is 22.3 Å². The van der Waals surface area contributed by atoms with E-state index in [1.54, 1.807) is 30.5 Å². The number of nitrogens with zero attached hydrogens (tertiary/aromatic N) is 2. The second-order valence-electron chi connectivity index (χ2n) is 4.44. The largest absolute Gasteiger partial charge is 0.472 e. The van der Waals surface area contributed by atoms with Crippen LogP contribution >= 0.6 is 0 Å². The first-order valence-electron chi connectivity index (χ1n) is 6.50. The molecule has 106 valence electrons. The Bertz CT molecular complexity index is 511. The average molecular weight is 274 g/mol. The molecule has 0 aromatic carbocycles. The zero-order valence-electron chi connectivity index (χ0n) is 11.5. The number of rotatable bonds is 7. The molecule has 2 rings (SSSR count). The third-order valence-corrected chi connectivity index (χ3v) is 2.95. The van der Waals surface area contributed by atoms with Gasteiger partial charge in [-0.3, -0.25) is 9.78 Å². The van der Waals surface area contributed by atoms with Gasteiger partial charge in [0.15, 0.2) is 0 Å². The molecule has 0 aliphatic heterocycles. The molecule has 0 saturated carbocycles. The van der Waals surface area contributed by atoms with E-state index in [0.717, 1.165) is 12.0 Å². The number of carbonyl (C=O) groups is 1. The van der Waals surface area contributed by atoms with Crippen molar-refractivity contribution in [3.63, 3.8) is 0 Å². The van der Waals surface area contributed by atoms with Gasteiger partial charge in [-0.1, -0.05) is 0 Å². The van der Waals surface area contributed by atoms with Crippen molar-refractivity contribution in [1.82, 2.24) is 9.88 Å². The van der Waals surface area contributed by atoms with E-state index in [9.17, 15) is 4.79 Å². The molecule has 0 fully saturated rings. The van der Waals surface area contributed by atoms with Crippen LogP contribution in [0.5, 0.6) is 0 Å². The maximum Gasteiger partial charge on any atom is 0.257 e. The highest BCUT2D eigenvalue weighted by Crippen LogP contribution is 2.11. The van der Waals surface area contributed by atoms with Gasteiger partial charge >= 0.3 is 0 Å². The first-order chi connectivity index (χ1) is 9.81. The predicted octanol–water partition coefficient (Wildman–Crippen LogP) is 2.35. The summed E-state index contributed by atoms with van der Waals surface area (Å²) in [5.74, 6) is -0.0355. The lowest BCUT2D eigenvalue weighted by atomic mass is 10.2. The minimum atomic E-state index is -0.0355. The van der Waals surface area contributed by atoms with Gasteiger partial charge in [0, 0.05) is 39.2 Å². The lowest BCUT2D eigenvalue weighted by Gasteiger charge is -2.22. The van der Waals surface area contributed by atoms with Crippen molar-refractivity contribution in [2.24, 2.45) is 0 Å². The molecule has 2 aromatic heterocycles. The van der Waals surface area contributed by atoms with Crippen LogP contribution in [-0.4, -0.2) is 36.1 Å². The van der Waals surface area contributed by atoms with E-state index in [-0.39, 0.29) is 5.91 Å². The van der Waals surface area contributed by atoms with Crippen LogP contribution in [0.15, 0.2) is 47.5 Å². The van der Waals surface area contributed by atoms with Gasteiger partial charge in [-0.2, -0.15) is 0 Å². The minimum absolute atomic E-state index is 0.0355. The van der Waals surface area contributed by atoms with Crippen molar-refractivity contribution < 1.29 is 13.9 Å². The molecule has 0 radical (unpaired) electrons. The smallest absolute Gasteiger partial charge is 0.257 e. The minimum Gasteiger partial charge on any atom is -0.472 e. The van der Waals surface area contributed by atoms with E-state index in [4.69, 9.17) is 9.15 Å². The molecule has 5 heteroatoms. The summed E-state index contributed by atoms with van der Waals surface area (Å²) in [4.78, 5) is 18.2. The molecule has 0 bridgehead atoms. The third kappa shape index (κ3) is 3.93. The Labute approximate surface area is 118 Å². The molecule has 1 amide bonds. The Kier molecular flexibility index (Phi) is 5.32. The Morgan fingerprint density at radius 1 is 1.35 bits per heavy atom. The average Bonchev–Trinajstić information content (AvgIpc) is 3.01. The van der Waals surface area contributed by atoms with Gasteiger partial charge in [-0.25, -0.2) is 0 Å². The number of amides is 1. The van der Waals surface area contributed by atoms with Gasteiger partial charge in [0.2, 0.25) is 0 Å². The van der Waals surface area contributed by atoms with Crippen LogP contribution in [0.3, 0.4) is 0 Å². The zero-order chi connectivity index (χ0) is 14.2. The fourth-order valence-electron chi connectivity index (χ4n) is 1.93. The monoisotopic (exact) mass is 274 g/mol. The van der Waals surface area contributed by atoms with Gasteiger partial charge in [-0.15, -0.1) is 0 Å². The highest BCUT2D eigenvalue weighted by atomic mass is 16.5. The quantitative estimate of drug-likeness (QED) is 0.727. The molecule has 0 N–H and O–H groups in total. The number of ether oxygens (including phenoxy) is 1. The number of hydrogen-bond donors (Lipinski definition) is 0. The summed E-state index contributed by atoms with van der Waals surface area (Å²) in [6.45, 7) is 1.82. The summed E-state index contributed by atoms with van der Waals surface area (Å²) in [5.41, 5.74) is 1.62. The number of furan rings is 1. The Morgan fingerprint density at radius 3 is 2.80 bits per heavy atom. The Balaban J connectivity index is 2.06. The SMILES string of the molecule is COCCCN(Cc1ccncc1)C(=O)c1ccoc1. The summed E-state index contributed by atoms with van der Waals surface area (Å²) in [6, 6.07) is 5.50. The van der Waals surface area contributed by atoms with E-state index < -0.39 is 0 Å². The second-order valence-corrected chi connectivity index (χ2v) is 4.44. The number of hydrogen-bond acceptors (Lipinski definition) is 4. The van der Waals surface area contributed by atoms with Gasteiger partial charge in [0.25, 0.3) is 5.91 Å². The van der Waals surface area contributed by atoms with Crippen molar-refractivity contribution in [2.45, 2.75) is 13.0 Å². The molecule has 20 heavy (non-hydrogen) atoms. The topological polar surface area (TPSA) is 55.6 Å². The van der Waals surface area contributed by atoms with Crippen molar-refractivity contribution in [2.75, 3.05) is 20.3 Å². The van der Waals surface area contributed by atoms with Gasteiger partial charge < -0.3 is 14.1 Å². The van der Waals surface area contributed by atoms with Crippen LogP contribution in [-0.2, 0) is 11.3 Å². The molecular weight excluding hydrogens is 256 g/mol. The summed E-state index contributed by atoms with van der Waals surface area (Å²) in [6.07, 6.45) is 7.23. The Morgan fingerprint density at radius 2 is 2.15 bits per heavy atom. The second kappa shape index (κ2) is 7.45. The maximum atomic E-state index is 12.4. The lowest BCUT2D eigenvalue weighted by Crippen LogP contribution is -2.31. The first-order valence-corrected chi connectivity index (χ1v) is 6.50. The van der Waals surface area contributed by atoms with Crippen molar-refractivity contribution in [1.29, 1.82) is 0 Å². The summed E-state index contributed by atoms with van der Waals surface area (Å²) in [5, 5.41) is 0. The van der Waals surface area contributed by atoms with Crippen LogP contribution in [0.4, 0.5) is 0 Å². The van der Waals surface area contributed by atoms with Crippen LogP contribution in [0.2, 0.25) is 0 Å². The van der Waals surface area contributed by atoms with Crippen LogP contribution in [0, 0.1) is 0 Å². The van der Waals surface area contributed by atoms with E-state index >= 15 is 0 Å². The number of carbonyl (C=O) groups excluding carboxylic acids is 1. The van der Waals surface area contributed by atoms with E-state index in [0.29, 0.717) is 25.3 Å². The summed E-state index contributed by atoms with van der Waals surface area (Å²) >= 11 is 0.